The van der Waals surface area contributed by atoms with E-state index in [0.29, 0.717) is 0 Å². The smallest absolute Gasteiger partial charge is 0.253 e. The predicted molar refractivity (Wildman–Crippen MR) is 72.0 cm³/mol. The van der Waals surface area contributed by atoms with Gasteiger partial charge in [0.2, 0.25) is 0 Å². The Kier molecular flexibility index (Phi) is 2.68. The second kappa shape index (κ2) is 4.38. The molecule has 0 aliphatic carbocycles. The number of benzene rings is 2. The molecule has 1 heterocycles. The van der Waals surface area contributed by atoms with Crippen molar-refractivity contribution in [3.63, 3.8) is 0 Å². The molecule has 0 saturated heterocycles. The van der Waals surface area contributed by atoms with Gasteiger partial charge in [0.15, 0.2) is 11.5 Å². The van der Waals surface area contributed by atoms with Crippen molar-refractivity contribution in [2.24, 2.45) is 0 Å². The van der Waals surface area contributed by atoms with Gasteiger partial charge in [-0.3, -0.25) is 14.5 Å². The van der Waals surface area contributed by atoms with Crippen LogP contribution < -0.4 is 0 Å². The van der Waals surface area contributed by atoms with Crippen LogP contribution in [-0.4, -0.2) is 26.9 Å². The van der Waals surface area contributed by atoms with Gasteiger partial charge < -0.3 is 10.2 Å². The lowest BCUT2D eigenvalue weighted by atomic mass is 10.1. The van der Waals surface area contributed by atoms with Gasteiger partial charge in [-0.15, -0.1) is 0 Å². The Morgan fingerprint density at radius 3 is 2.10 bits per heavy atom. The molecule has 0 bridgehead atoms. The van der Waals surface area contributed by atoms with Crippen molar-refractivity contribution in [1.82, 2.24) is 4.90 Å². The van der Waals surface area contributed by atoms with E-state index in [1.165, 1.54) is 24.3 Å². The van der Waals surface area contributed by atoms with E-state index in [1.54, 1.807) is 18.2 Å². The molecule has 0 fully saturated rings. The molecule has 0 radical (unpaired) electrons. The van der Waals surface area contributed by atoms with Crippen LogP contribution in [0.25, 0.3) is 10.8 Å². The normalized spacial score (nSPS) is 14.5. The Morgan fingerprint density at radius 2 is 1.45 bits per heavy atom. The van der Waals surface area contributed by atoms with Crippen molar-refractivity contribution in [1.29, 1.82) is 0 Å². The number of imide groups is 1. The third kappa shape index (κ3) is 1.99. The standard InChI is InChI=1S/C15H11NO4/c17-12-6-10-2-1-9(5-11(10)7-13(12)18)8-16-14(19)3-4-15(16)20/h1-7,17-18H,8H2. The average Bonchev–Trinajstić information content (AvgIpc) is 2.72. The highest BCUT2D eigenvalue weighted by molar-refractivity contribution is 6.12. The summed E-state index contributed by atoms with van der Waals surface area (Å²) in [6.07, 6.45) is 2.49. The number of aromatic hydroxyl groups is 2. The minimum absolute atomic E-state index is 0.181. The maximum atomic E-state index is 11.5. The van der Waals surface area contributed by atoms with Gasteiger partial charge in [0.1, 0.15) is 0 Å². The first-order chi connectivity index (χ1) is 9.54. The maximum absolute atomic E-state index is 11.5. The van der Waals surface area contributed by atoms with E-state index in [4.69, 9.17) is 0 Å². The third-order valence-corrected chi connectivity index (χ3v) is 3.24. The number of phenols is 2. The second-order valence-electron chi connectivity index (χ2n) is 4.62. The summed E-state index contributed by atoms with van der Waals surface area (Å²) in [4.78, 5) is 24.1. The number of phenolic OH excluding ortho intramolecular Hbond substituents is 2. The lowest BCUT2D eigenvalue weighted by Gasteiger charge is -2.14. The van der Waals surface area contributed by atoms with Crippen molar-refractivity contribution in [2.75, 3.05) is 0 Å². The Bertz CT molecular complexity index is 746. The van der Waals surface area contributed by atoms with E-state index >= 15 is 0 Å². The molecule has 0 spiro atoms. The molecule has 5 heteroatoms. The molecule has 2 aromatic carbocycles. The van der Waals surface area contributed by atoms with Crippen LogP contribution in [0.5, 0.6) is 11.5 Å². The van der Waals surface area contributed by atoms with Gasteiger partial charge in [0.05, 0.1) is 6.54 Å². The summed E-state index contributed by atoms with van der Waals surface area (Å²) in [5.41, 5.74) is 0.771. The molecular weight excluding hydrogens is 258 g/mol. The lowest BCUT2D eigenvalue weighted by Crippen LogP contribution is -2.29. The zero-order chi connectivity index (χ0) is 14.3. The minimum atomic E-state index is -0.330. The summed E-state index contributed by atoms with van der Waals surface area (Å²) in [5.74, 6) is -1.05. The van der Waals surface area contributed by atoms with Crippen LogP contribution in [0.1, 0.15) is 5.56 Å². The molecule has 2 N–H and O–H groups in total. The van der Waals surface area contributed by atoms with E-state index in [9.17, 15) is 19.8 Å². The number of carbonyl (C=O) groups excluding carboxylic acids is 2. The van der Waals surface area contributed by atoms with E-state index in [1.807, 2.05) is 0 Å². The topological polar surface area (TPSA) is 77.8 Å². The van der Waals surface area contributed by atoms with Crippen LogP contribution >= 0.6 is 0 Å². The molecule has 0 saturated carbocycles. The molecular formula is C15H11NO4. The molecule has 1 aliphatic rings. The van der Waals surface area contributed by atoms with Crippen molar-refractivity contribution in [3.05, 3.63) is 48.0 Å². The monoisotopic (exact) mass is 269 g/mol. The summed E-state index contributed by atoms with van der Waals surface area (Å²) >= 11 is 0. The SMILES string of the molecule is O=C1C=CC(=O)N1Cc1ccc2cc(O)c(O)cc2c1. The molecule has 1 aliphatic heterocycles. The quantitative estimate of drug-likeness (QED) is 0.642. The number of hydrogen-bond donors (Lipinski definition) is 2. The number of amides is 2. The summed E-state index contributed by atoms with van der Waals surface area (Å²) in [7, 11) is 0. The van der Waals surface area contributed by atoms with Crippen molar-refractivity contribution in [2.45, 2.75) is 6.54 Å². The first kappa shape index (κ1) is 12.2. The lowest BCUT2D eigenvalue weighted by molar-refractivity contribution is -0.137. The van der Waals surface area contributed by atoms with Crippen molar-refractivity contribution < 1.29 is 19.8 Å². The summed E-state index contributed by atoms with van der Waals surface area (Å²) in [6, 6.07) is 8.22. The molecule has 0 unspecified atom stereocenters. The van der Waals surface area contributed by atoms with Crippen LogP contribution in [-0.2, 0) is 16.1 Å². The number of carbonyl (C=O) groups is 2. The first-order valence-corrected chi connectivity index (χ1v) is 6.03. The fourth-order valence-electron chi connectivity index (χ4n) is 2.19. The summed E-state index contributed by atoms with van der Waals surface area (Å²) < 4.78 is 0. The van der Waals surface area contributed by atoms with E-state index in [0.717, 1.165) is 21.2 Å². The van der Waals surface area contributed by atoms with Crippen molar-refractivity contribution >= 4 is 22.6 Å². The van der Waals surface area contributed by atoms with Crippen LogP contribution in [0.3, 0.4) is 0 Å². The minimum Gasteiger partial charge on any atom is -0.504 e. The molecule has 0 aromatic heterocycles. The molecule has 2 aromatic rings. The van der Waals surface area contributed by atoms with Gasteiger partial charge in [-0.05, 0) is 34.5 Å². The summed E-state index contributed by atoms with van der Waals surface area (Å²) in [5, 5.41) is 20.4. The highest BCUT2D eigenvalue weighted by Gasteiger charge is 2.23. The first-order valence-electron chi connectivity index (χ1n) is 6.03. The third-order valence-electron chi connectivity index (χ3n) is 3.24. The van der Waals surface area contributed by atoms with E-state index in [2.05, 4.69) is 0 Å². The van der Waals surface area contributed by atoms with E-state index in [-0.39, 0.29) is 29.9 Å². The fraction of sp³-hybridized carbons (Fsp3) is 0.0667. The van der Waals surface area contributed by atoms with Crippen LogP contribution in [0.2, 0.25) is 0 Å². The molecule has 2 amide bonds. The largest absolute Gasteiger partial charge is 0.504 e. The second-order valence-corrected chi connectivity index (χ2v) is 4.62. The number of rotatable bonds is 2. The molecule has 3 rings (SSSR count). The highest BCUT2D eigenvalue weighted by Crippen LogP contribution is 2.30. The van der Waals surface area contributed by atoms with Gasteiger partial charge in [0, 0.05) is 12.2 Å². The highest BCUT2D eigenvalue weighted by atomic mass is 16.3. The molecule has 5 nitrogen and oxygen atoms in total. The molecule has 0 atom stereocenters. The van der Waals surface area contributed by atoms with Gasteiger partial charge in [-0.1, -0.05) is 12.1 Å². The van der Waals surface area contributed by atoms with Gasteiger partial charge in [-0.25, -0.2) is 0 Å². The Hall–Kier alpha value is -2.82. The number of nitrogens with zero attached hydrogens (tertiary/aromatic N) is 1. The zero-order valence-electron chi connectivity index (χ0n) is 10.4. The van der Waals surface area contributed by atoms with Crippen LogP contribution in [0, 0.1) is 0 Å². The van der Waals surface area contributed by atoms with Gasteiger partial charge >= 0.3 is 0 Å². The van der Waals surface area contributed by atoms with Crippen LogP contribution in [0.15, 0.2) is 42.5 Å². The Balaban J connectivity index is 1.95. The number of hydrogen-bond acceptors (Lipinski definition) is 4. The Labute approximate surface area is 114 Å². The van der Waals surface area contributed by atoms with E-state index < -0.39 is 0 Å². The zero-order valence-corrected chi connectivity index (χ0v) is 10.4. The maximum Gasteiger partial charge on any atom is 0.253 e. The number of fused-ring (bicyclic) bond motifs is 1. The van der Waals surface area contributed by atoms with Gasteiger partial charge in [-0.2, -0.15) is 0 Å². The molecule has 20 heavy (non-hydrogen) atoms. The van der Waals surface area contributed by atoms with Crippen molar-refractivity contribution in [3.8, 4) is 11.5 Å². The molecule has 100 valence electrons. The van der Waals surface area contributed by atoms with Gasteiger partial charge in [0.25, 0.3) is 11.8 Å². The summed E-state index contributed by atoms with van der Waals surface area (Å²) in [6.45, 7) is 0.183. The van der Waals surface area contributed by atoms with Crippen LogP contribution in [0.4, 0.5) is 0 Å². The Morgan fingerprint density at radius 1 is 0.850 bits per heavy atom. The fourth-order valence-corrected chi connectivity index (χ4v) is 2.19. The average molecular weight is 269 g/mol. The predicted octanol–water partition coefficient (Wildman–Crippen LogP) is 1.68.